The molecule has 0 unspecified atom stereocenters. The first-order valence-corrected chi connectivity index (χ1v) is 10.6. The van der Waals surface area contributed by atoms with Crippen LogP contribution in [-0.4, -0.2) is 97.7 Å². The van der Waals surface area contributed by atoms with Gasteiger partial charge in [-0.2, -0.15) is 0 Å². The summed E-state index contributed by atoms with van der Waals surface area (Å²) in [6.07, 6.45) is 6.12. The summed E-state index contributed by atoms with van der Waals surface area (Å²) in [5.74, 6) is 1.79. The van der Waals surface area contributed by atoms with Gasteiger partial charge in [0.2, 0.25) is 0 Å². The molecule has 2 fully saturated rings. The van der Waals surface area contributed by atoms with Crippen molar-refractivity contribution in [3.8, 4) is 0 Å². The maximum Gasteiger partial charge on any atom is 0.317 e. The van der Waals surface area contributed by atoms with Gasteiger partial charge in [0, 0.05) is 58.5 Å². The summed E-state index contributed by atoms with van der Waals surface area (Å²) in [6.45, 7) is 3.97. The summed E-state index contributed by atoms with van der Waals surface area (Å²) in [5, 5.41) is 13.9. The Balaban J connectivity index is 1.40. The van der Waals surface area contributed by atoms with Gasteiger partial charge >= 0.3 is 6.03 Å². The van der Waals surface area contributed by atoms with Crippen LogP contribution in [0.5, 0.6) is 0 Å². The Bertz CT molecular complexity index is 821. The Labute approximate surface area is 181 Å². The Kier molecular flexibility index (Phi) is 6.86. The summed E-state index contributed by atoms with van der Waals surface area (Å²) >= 11 is 0. The van der Waals surface area contributed by atoms with E-state index in [1.54, 1.807) is 17.3 Å². The molecule has 2 aromatic heterocycles. The Hall–Kier alpha value is -2.47. The molecule has 3 atom stereocenters. The lowest BCUT2D eigenvalue weighted by atomic mass is 10.1. The quantitative estimate of drug-likeness (QED) is 0.596. The molecule has 0 aliphatic carbocycles. The minimum Gasteiger partial charge on any atom is -0.389 e. The second kappa shape index (κ2) is 9.77. The maximum absolute atomic E-state index is 12.4. The molecule has 0 bridgehead atoms. The number of amides is 2. The number of aliphatic hydroxyl groups excluding tert-OH is 1. The van der Waals surface area contributed by atoms with Gasteiger partial charge in [0.15, 0.2) is 0 Å². The lowest BCUT2D eigenvalue weighted by Gasteiger charge is -2.30. The van der Waals surface area contributed by atoms with Crippen LogP contribution in [0.1, 0.15) is 11.6 Å². The molecule has 11 heteroatoms. The highest BCUT2D eigenvalue weighted by atomic mass is 16.5. The molecule has 0 saturated carbocycles. The molecule has 2 N–H and O–H groups in total. The Morgan fingerprint density at radius 3 is 2.32 bits per heavy atom. The smallest absolute Gasteiger partial charge is 0.317 e. The van der Waals surface area contributed by atoms with E-state index in [2.05, 4.69) is 20.2 Å². The molecule has 2 aromatic rings. The fraction of sp³-hybridized carbons (Fsp3) is 0.650. The van der Waals surface area contributed by atoms with Crippen LogP contribution in [0.15, 0.2) is 24.8 Å². The van der Waals surface area contributed by atoms with Crippen LogP contribution in [-0.2, 0) is 36.7 Å². The number of urea groups is 1. The molecule has 4 heterocycles. The summed E-state index contributed by atoms with van der Waals surface area (Å²) in [5.41, 5.74) is 0. The van der Waals surface area contributed by atoms with Gasteiger partial charge in [0.05, 0.1) is 45.1 Å². The van der Waals surface area contributed by atoms with Gasteiger partial charge in [-0.15, -0.1) is 0 Å². The van der Waals surface area contributed by atoms with E-state index in [9.17, 15) is 9.90 Å². The number of nitrogens with one attached hydrogen (secondary N) is 1. The number of carbonyl (C=O) groups is 1. The SMILES string of the molecule is Cn1ccnc1CN(Cc1nccn1C)[C@@H]1CO[C@H](CNC(=O)N2CCOCC2)[C@H]1O. The molecule has 2 saturated heterocycles. The van der Waals surface area contributed by atoms with Gasteiger partial charge < -0.3 is 33.9 Å². The summed E-state index contributed by atoms with van der Waals surface area (Å²) < 4.78 is 15.1. The summed E-state index contributed by atoms with van der Waals surface area (Å²) in [4.78, 5) is 25.1. The lowest BCUT2D eigenvalue weighted by Crippen LogP contribution is -2.50. The number of aromatic nitrogens is 4. The average molecular weight is 434 g/mol. The fourth-order valence-corrected chi connectivity index (χ4v) is 3.99. The predicted molar refractivity (Wildman–Crippen MR) is 111 cm³/mol. The third-order valence-electron chi connectivity index (χ3n) is 6.01. The molecule has 170 valence electrons. The number of aliphatic hydroxyl groups is 1. The van der Waals surface area contributed by atoms with Gasteiger partial charge in [-0.25, -0.2) is 14.8 Å². The van der Waals surface area contributed by atoms with E-state index in [0.29, 0.717) is 46.0 Å². The minimum absolute atomic E-state index is 0.152. The number of imidazole rings is 2. The van der Waals surface area contributed by atoms with Gasteiger partial charge in [-0.1, -0.05) is 0 Å². The molecule has 2 aliphatic heterocycles. The monoisotopic (exact) mass is 433 g/mol. The van der Waals surface area contributed by atoms with E-state index in [0.717, 1.165) is 11.6 Å². The number of hydrogen-bond acceptors (Lipinski definition) is 7. The van der Waals surface area contributed by atoms with E-state index >= 15 is 0 Å². The first-order valence-electron chi connectivity index (χ1n) is 10.6. The van der Waals surface area contributed by atoms with E-state index in [1.165, 1.54) is 0 Å². The number of morpholine rings is 1. The van der Waals surface area contributed by atoms with Crippen molar-refractivity contribution in [2.24, 2.45) is 14.1 Å². The zero-order chi connectivity index (χ0) is 21.8. The minimum atomic E-state index is -0.745. The molecule has 0 spiro atoms. The second-order valence-electron chi connectivity index (χ2n) is 8.03. The number of nitrogens with zero attached hydrogens (tertiary/aromatic N) is 6. The molecule has 0 radical (unpaired) electrons. The van der Waals surface area contributed by atoms with Crippen molar-refractivity contribution in [3.63, 3.8) is 0 Å². The number of rotatable bonds is 7. The molecule has 11 nitrogen and oxygen atoms in total. The third kappa shape index (κ3) is 5.06. The van der Waals surface area contributed by atoms with Gasteiger partial charge in [-0.3, -0.25) is 4.90 Å². The van der Waals surface area contributed by atoms with E-state index in [-0.39, 0.29) is 18.6 Å². The molecule has 31 heavy (non-hydrogen) atoms. The van der Waals surface area contributed by atoms with Crippen LogP contribution in [0.3, 0.4) is 0 Å². The van der Waals surface area contributed by atoms with Crippen LogP contribution in [0.4, 0.5) is 4.79 Å². The fourth-order valence-electron chi connectivity index (χ4n) is 3.99. The Morgan fingerprint density at radius 1 is 1.16 bits per heavy atom. The highest BCUT2D eigenvalue weighted by Crippen LogP contribution is 2.23. The first kappa shape index (κ1) is 21.8. The van der Waals surface area contributed by atoms with Crippen molar-refractivity contribution in [3.05, 3.63) is 36.4 Å². The number of hydrogen-bond donors (Lipinski definition) is 2. The summed E-state index contributed by atoms with van der Waals surface area (Å²) in [7, 11) is 3.90. The molecule has 2 aliphatic rings. The third-order valence-corrected chi connectivity index (χ3v) is 6.01. The van der Waals surface area contributed by atoms with Crippen LogP contribution in [0.25, 0.3) is 0 Å². The largest absolute Gasteiger partial charge is 0.389 e. The highest BCUT2D eigenvalue weighted by Gasteiger charge is 2.40. The first-order chi connectivity index (χ1) is 15.0. The van der Waals surface area contributed by atoms with Crippen molar-refractivity contribution in [1.29, 1.82) is 0 Å². The average Bonchev–Trinajstić information content (AvgIpc) is 3.48. The van der Waals surface area contributed by atoms with Crippen molar-refractivity contribution in [1.82, 2.24) is 34.2 Å². The van der Waals surface area contributed by atoms with Crippen molar-refractivity contribution in [2.45, 2.75) is 31.3 Å². The predicted octanol–water partition coefficient (Wildman–Crippen LogP) is -0.674. The van der Waals surface area contributed by atoms with Gasteiger partial charge in [0.25, 0.3) is 0 Å². The van der Waals surface area contributed by atoms with Crippen LogP contribution in [0, 0.1) is 0 Å². The molecule has 2 amide bonds. The highest BCUT2D eigenvalue weighted by molar-refractivity contribution is 5.74. The standard InChI is InChI=1S/C20H31N7O4/c1-24-5-3-21-17(24)12-27(13-18-22-4-6-25(18)2)15-14-31-16(19(15)28)11-23-20(29)26-7-9-30-10-8-26/h3-6,15-16,19,28H,7-14H2,1-2H3,(H,23,29)/t15-,16-,19+/m1/s1. The van der Waals surface area contributed by atoms with E-state index in [1.807, 2.05) is 35.6 Å². The van der Waals surface area contributed by atoms with Crippen LogP contribution >= 0.6 is 0 Å². The number of ether oxygens (including phenoxy) is 2. The second-order valence-corrected chi connectivity index (χ2v) is 8.03. The summed E-state index contributed by atoms with van der Waals surface area (Å²) in [6, 6.07) is -0.390. The van der Waals surface area contributed by atoms with Crippen molar-refractivity contribution < 1.29 is 19.4 Å². The lowest BCUT2D eigenvalue weighted by molar-refractivity contribution is 0.0272. The maximum atomic E-state index is 12.4. The zero-order valence-corrected chi connectivity index (χ0v) is 18.1. The van der Waals surface area contributed by atoms with E-state index < -0.39 is 12.2 Å². The number of aryl methyl sites for hydroxylation is 2. The van der Waals surface area contributed by atoms with Crippen molar-refractivity contribution >= 4 is 6.03 Å². The molecule has 0 aromatic carbocycles. The van der Waals surface area contributed by atoms with Crippen LogP contribution < -0.4 is 5.32 Å². The molecular formula is C20H31N7O4. The van der Waals surface area contributed by atoms with Crippen LogP contribution in [0.2, 0.25) is 0 Å². The normalized spacial score (nSPS) is 24.1. The van der Waals surface area contributed by atoms with E-state index in [4.69, 9.17) is 9.47 Å². The topological polar surface area (TPSA) is 110 Å². The number of carbonyl (C=O) groups excluding carboxylic acids is 1. The van der Waals surface area contributed by atoms with Gasteiger partial charge in [-0.05, 0) is 0 Å². The Morgan fingerprint density at radius 2 is 1.77 bits per heavy atom. The van der Waals surface area contributed by atoms with Crippen molar-refractivity contribution in [2.75, 3.05) is 39.5 Å². The molecule has 4 rings (SSSR count). The molecular weight excluding hydrogens is 402 g/mol. The van der Waals surface area contributed by atoms with Gasteiger partial charge in [0.1, 0.15) is 17.8 Å². The zero-order valence-electron chi connectivity index (χ0n) is 18.1.